The molecule has 4 N–H and O–H groups in total. The second-order valence-electron chi connectivity index (χ2n) is 19.5. The maximum absolute atomic E-state index is 14.4. The zero-order valence-corrected chi connectivity index (χ0v) is 39.5. The molecule has 16 nitrogen and oxygen atoms in total. The van der Waals surface area contributed by atoms with Crippen molar-refractivity contribution in [3.63, 3.8) is 0 Å². The number of nitrogens with zero attached hydrogens (tertiary/aromatic N) is 9. The minimum atomic E-state index is -0.803. The second kappa shape index (κ2) is 19.0. The van der Waals surface area contributed by atoms with Crippen molar-refractivity contribution in [3.8, 4) is 27.4 Å². The summed E-state index contributed by atoms with van der Waals surface area (Å²) in [6, 6.07) is 18.8. The van der Waals surface area contributed by atoms with E-state index in [1.54, 1.807) is 23.5 Å². The van der Waals surface area contributed by atoms with E-state index in [1.165, 1.54) is 4.90 Å². The predicted octanol–water partition coefficient (Wildman–Crippen LogP) is 7.33. The molecule has 0 spiro atoms. The average molecular weight is 928 g/mol. The lowest BCUT2D eigenvalue weighted by molar-refractivity contribution is -0.141. The number of likely N-dealkylation sites (tertiary alicyclic amines) is 2. The summed E-state index contributed by atoms with van der Waals surface area (Å²) in [6.07, 6.45) is 5.65. The van der Waals surface area contributed by atoms with E-state index >= 15 is 0 Å². The van der Waals surface area contributed by atoms with Crippen molar-refractivity contribution in [2.24, 2.45) is 11.8 Å². The molecule has 1 saturated carbocycles. The summed E-state index contributed by atoms with van der Waals surface area (Å²) in [5.74, 6) is 1.42. The van der Waals surface area contributed by atoms with Crippen LogP contribution in [0.4, 0.5) is 11.6 Å². The Hall–Kier alpha value is -5.91. The fourth-order valence-corrected chi connectivity index (χ4v) is 11.1. The van der Waals surface area contributed by atoms with E-state index in [0.29, 0.717) is 29.0 Å². The third-order valence-electron chi connectivity index (χ3n) is 14.3. The fourth-order valence-electron chi connectivity index (χ4n) is 10.3. The van der Waals surface area contributed by atoms with Gasteiger partial charge >= 0.3 is 0 Å². The van der Waals surface area contributed by atoms with Crippen LogP contribution in [0, 0.1) is 18.8 Å². The number of anilines is 2. The number of carbonyl (C=O) groups excluding carboxylic acids is 2. The number of benzene rings is 2. The normalized spacial score (nSPS) is 20.7. The number of para-hydroxylation sites is 1. The molecule has 1 aliphatic carbocycles. The summed E-state index contributed by atoms with van der Waals surface area (Å²) in [5.41, 5.74) is 7.86. The highest BCUT2D eigenvalue weighted by Gasteiger charge is 2.44. The monoisotopic (exact) mass is 927 g/mol. The van der Waals surface area contributed by atoms with Crippen LogP contribution in [0.15, 0.2) is 70.7 Å². The Kier molecular flexibility index (Phi) is 12.7. The summed E-state index contributed by atoms with van der Waals surface area (Å²) >= 11 is 1.60. The van der Waals surface area contributed by atoms with Crippen molar-refractivity contribution in [2.45, 2.75) is 109 Å². The quantitative estimate of drug-likeness (QED) is 0.0851. The summed E-state index contributed by atoms with van der Waals surface area (Å²) in [5, 5.41) is 46.7. The van der Waals surface area contributed by atoms with Crippen LogP contribution in [0.25, 0.3) is 32.7 Å². The number of phenolic OH excluding ortho intramolecular Hbond substituents is 1. The van der Waals surface area contributed by atoms with E-state index in [-0.39, 0.29) is 48.5 Å². The zero-order valence-electron chi connectivity index (χ0n) is 38.7. The first-order valence-corrected chi connectivity index (χ1v) is 24.9. The molecule has 7 heterocycles. The number of β-amino-alcohol motifs (C(OH)–C–C–N with tert-alkyl or cyclic N) is 1. The molecule has 4 aliphatic rings. The molecule has 1 unspecified atom stereocenters. The molecule has 2 aromatic carbocycles. The molecule has 3 aliphatic heterocycles. The van der Waals surface area contributed by atoms with Gasteiger partial charge in [0.25, 0.3) is 0 Å². The van der Waals surface area contributed by atoms with Gasteiger partial charge in [-0.05, 0) is 93.5 Å². The largest absolute Gasteiger partial charge is 0.507 e. The van der Waals surface area contributed by atoms with Crippen LogP contribution < -0.4 is 15.5 Å². The molecule has 0 radical (unpaired) electrons. The van der Waals surface area contributed by atoms with Gasteiger partial charge in [-0.25, -0.2) is 4.98 Å². The molecule has 3 saturated heterocycles. The number of fused-ring (bicyclic) bond motifs is 1. The first kappa shape index (κ1) is 44.9. The number of aromatic nitrogens is 6. The molecule has 4 aromatic heterocycles. The van der Waals surface area contributed by atoms with Crippen LogP contribution >= 0.6 is 11.3 Å². The number of piperidine rings is 2. The summed E-state index contributed by atoms with van der Waals surface area (Å²) in [6.45, 7) is 12.7. The highest BCUT2D eigenvalue weighted by molar-refractivity contribution is 7.13. The third kappa shape index (κ3) is 9.50. The Morgan fingerprint density at radius 3 is 2.40 bits per heavy atom. The molecule has 352 valence electrons. The van der Waals surface area contributed by atoms with Gasteiger partial charge in [-0.15, -0.1) is 21.5 Å². The average Bonchev–Trinajstić information content (AvgIpc) is 3.62. The van der Waals surface area contributed by atoms with Crippen molar-refractivity contribution in [1.29, 1.82) is 0 Å². The Labute approximate surface area is 394 Å². The van der Waals surface area contributed by atoms with Crippen molar-refractivity contribution in [2.75, 3.05) is 49.5 Å². The number of aryl methyl sites for hydroxylation is 1. The molecule has 2 amide bonds. The first-order valence-electron chi connectivity index (χ1n) is 24.0. The Balaban J connectivity index is 0.732. The van der Waals surface area contributed by atoms with Crippen LogP contribution in [0.1, 0.15) is 101 Å². The number of aliphatic hydroxyl groups excluding tert-OH is 1. The lowest BCUT2D eigenvalue weighted by atomic mass is 9.91. The van der Waals surface area contributed by atoms with Gasteiger partial charge in [0.2, 0.25) is 11.8 Å². The van der Waals surface area contributed by atoms with Crippen LogP contribution in [0.2, 0.25) is 0 Å². The lowest BCUT2D eigenvalue weighted by Crippen LogP contribution is -2.48. The van der Waals surface area contributed by atoms with E-state index in [0.717, 1.165) is 116 Å². The highest BCUT2D eigenvalue weighted by Crippen LogP contribution is 2.37. The Bertz CT molecular complexity index is 2700. The number of amides is 2. The van der Waals surface area contributed by atoms with Gasteiger partial charge in [-0.3, -0.25) is 14.3 Å². The number of hydrogen-bond donors (Lipinski definition) is 4. The zero-order chi connectivity index (χ0) is 46.3. The van der Waals surface area contributed by atoms with Crippen molar-refractivity contribution in [1.82, 2.24) is 45.2 Å². The van der Waals surface area contributed by atoms with Crippen molar-refractivity contribution in [3.05, 3.63) is 83.2 Å². The topological polar surface area (TPSA) is 191 Å². The number of aromatic hydroxyl groups is 1. The number of aliphatic hydroxyl groups is 1. The lowest BCUT2D eigenvalue weighted by Gasteiger charge is -2.37. The van der Waals surface area contributed by atoms with Gasteiger partial charge < -0.3 is 40.1 Å². The van der Waals surface area contributed by atoms with Gasteiger partial charge in [-0.2, -0.15) is 5.10 Å². The van der Waals surface area contributed by atoms with Gasteiger partial charge in [-0.1, -0.05) is 55.4 Å². The minimum absolute atomic E-state index is 0.0828. The van der Waals surface area contributed by atoms with Gasteiger partial charge in [0, 0.05) is 63.4 Å². The maximum atomic E-state index is 14.4. The summed E-state index contributed by atoms with van der Waals surface area (Å²) in [4.78, 5) is 40.0. The molecular weight excluding hydrogens is 867 g/mol. The van der Waals surface area contributed by atoms with Crippen LogP contribution in [-0.2, 0) is 9.59 Å². The molecule has 17 heteroatoms. The number of thiazole rings is 1. The number of hydrogen-bond acceptors (Lipinski definition) is 14. The van der Waals surface area contributed by atoms with Gasteiger partial charge in [0.05, 0.1) is 45.5 Å². The van der Waals surface area contributed by atoms with E-state index < -0.39 is 18.1 Å². The Morgan fingerprint density at radius 1 is 0.940 bits per heavy atom. The highest BCUT2D eigenvalue weighted by atomic mass is 32.1. The van der Waals surface area contributed by atoms with Crippen molar-refractivity contribution >= 4 is 45.8 Å². The van der Waals surface area contributed by atoms with Crippen LogP contribution in [0.5, 0.6) is 5.75 Å². The molecule has 4 fully saturated rings. The first-order chi connectivity index (χ1) is 32.5. The Morgan fingerprint density at radius 2 is 1.70 bits per heavy atom. The molecular formula is C50H61N11O5S. The molecule has 67 heavy (non-hydrogen) atoms. The van der Waals surface area contributed by atoms with Crippen LogP contribution in [-0.4, -0.2) is 119 Å². The van der Waals surface area contributed by atoms with E-state index in [9.17, 15) is 19.8 Å². The van der Waals surface area contributed by atoms with Gasteiger partial charge in [0.1, 0.15) is 17.7 Å². The number of carbonyl (C=O) groups is 2. The number of rotatable bonds is 14. The summed E-state index contributed by atoms with van der Waals surface area (Å²) < 4.78 is 8.09. The maximum Gasteiger partial charge on any atom is 0.243 e. The van der Waals surface area contributed by atoms with Crippen molar-refractivity contribution < 1.29 is 24.3 Å². The van der Waals surface area contributed by atoms with Crippen LogP contribution in [0.3, 0.4) is 0 Å². The fraction of sp³-hybridized carbons (Fsp3) is 0.500. The molecule has 0 bridgehead atoms. The smallest absolute Gasteiger partial charge is 0.243 e. The van der Waals surface area contributed by atoms with Gasteiger partial charge in [0.15, 0.2) is 22.9 Å². The number of phenols is 1. The molecule has 10 rings (SSSR count). The number of nitrogens with one attached hydrogen (secondary N) is 2. The van der Waals surface area contributed by atoms with E-state index in [1.807, 2.05) is 81.7 Å². The second-order valence-corrected chi connectivity index (χ2v) is 20.3. The third-order valence-corrected chi connectivity index (χ3v) is 15.3. The standard InChI is InChI=1S/C50H61N11O5S/c1-29(2)45(50(65)60-27-37(62)23-41(60)49(64)52-30(3)33-9-11-34(12-10-33)47-31(4)51-28-67-47)43-25-44(57-66-43)59-21-15-32(16-22-59)26-58-19-17-36(18-20-58)61-40-24-39(38-7-5-6-8-42(38)63)54-55-46(40)48(56-61)53-35-13-14-35/h5-12,24-25,28-30,32,35-37,41,45,62-63H,13-23,26-27H2,1-4H3,(H,52,64)(H,53,56)/t30-,37+,41-,45?/m0/s1. The van der Waals surface area contributed by atoms with E-state index in [2.05, 4.69) is 45.5 Å². The van der Waals surface area contributed by atoms with E-state index in [4.69, 9.17) is 9.62 Å². The SMILES string of the molecule is Cc1ncsc1-c1ccc([C@H](C)NC(=O)[C@@H]2C[C@@H](O)CN2C(=O)C(c2cc(N3CCC(CN4CCC(n5nc(NC6CC6)c6nnc(-c7ccccc7O)cc65)CC4)CC3)no2)C(C)C)cc1. The predicted molar refractivity (Wildman–Crippen MR) is 258 cm³/mol. The molecule has 6 aromatic rings. The molecule has 4 atom stereocenters. The minimum Gasteiger partial charge on any atom is -0.507 e. The summed E-state index contributed by atoms with van der Waals surface area (Å²) in [7, 11) is 0.